The van der Waals surface area contributed by atoms with Gasteiger partial charge in [0.15, 0.2) is 0 Å². The van der Waals surface area contributed by atoms with E-state index in [2.05, 4.69) is 11.1 Å². The van der Waals surface area contributed by atoms with Crippen molar-refractivity contribution in [2.45, 2.75) is 19.9 Å². The first kappa shape index (κ1) is 17.6. The predicted octanol–water partition coefficient (Wildman–Crippen LogP) is 5.02. The van der Waals surface area contributed by atoms with E-state index in [4.69, 9.17) is 4.74 Å². The Morgan fingerprint density at radius 3 is 2.56 bits per heavy atom. The maximum absolute atomic E-state index is 12.9. The first-order chi connectivity index (χ1) is 12.0. The van der Waals surface area contributed by atoms with E-state index in [1.165, 1.54) is 16.2 Å². The van der Waals surface area contributed by atoms with Gasteiger partial charge in [-0.15, -0.1) is 22.7 Å². The number of thiazole rings is 1. The van der Waals surface area contributed by atoms with Crippen molar-refractivity contribution in [2.75, 3.05) is 14.2 Å². The molecule has 0 saturated heterocycles. The first-order valence-electron chi connectivity index (χ1n) is 7.93. The molecule has 2 aromatic heterocycles. The minimum Gasteiger partial charge on any atom is -0.497 e. The largest absolute Gasteiger partial charge is 0.497 e. The van der Waals surface area contributed by atoms with Crippen molar-refractivity contribution in [3.8, 4) is 16.3 Å². The number of hydrogen-bond donors (Lipinski definition) is 0. The molecule has 0 aliphatic heterocycles. The highest BCUT2D eigenvalue weighted by Gasteiger charge is 2.24. The molecule has 130 valence electrons. The quantitative estimate of drug-likeness (QED) is 0.631. The van der Waals surface area contributed by atoms with E-state index in [0.717, 1.165) is 22.0 Å². The Hall–Kier alpha value is -2.18. The van der Waals surface area contributed by atoms with Gasteiger partial charge in [-0.05, 0) is 49.6 Å². The highest BCUT2D eigenvalue weighted by atomic mass is 32.1. The van der Waals surface area contributed by atoms with Gasteiger partial charge >= 0.3 is 0 Å². The van der Waals surface area contributed by atoms with E-state index in [1.807, 2.05) is 56.6 Å². The fourth-order valence-corrected chi connectivity index (χ4v) is 4.39. The zero-order valence-electron chi connectivity index (χ0n) is 14.6. The number of hydrogen-bond acceptors (Lipinski definition) is 5. The second-order valence-corrected chi connectivity index (χ2v) is 7.75. The van der Waals surface area contributed by atoms with Gasteiger partial charge in [0.25, 0.3) is 5.91 Å². The third kappa shape index (κ3) is 3.60. The summed E-state index contributed by atoms with van der Waals surface area (Å²) in [7, 11) is 3.49. The Morgan fingerprint density at radius 2 is 1.96 bits per heavy atom. The number of nitrogens with zero attached hydrogens (tertiary/aromatic N) is 2. The zero-order valence-corrected chi connectivity index (χ0v) is 16.3. The molecule has 0 aliphatic rings. The monoisotopic (exact) mass is 372 g/mol. The number of aryl methyl sites for hydroxylation is 1. The maximum atomic E-state index is 12.9. The highest BCUT2D eigenvalue weighted by Crippen LogP contribution is 2.32. The van der Waals surface area contributed by atoms with E-state index in [-0.39, 0.29) is 11.9 Å². The maximum Gasteiger partial charge on any atom is 0.266 e. The van der Waals surface area contributed by atoms with Crippen molar-refractivity contribution in [1.29, 1.82) is 0 Å². The smallest absolute Gasteiger partial charge is 0.266 e. The van der Waals surface area contributed by atoms with E-state index >= 15 is 0 Å². The zero-order chi connectivity index (χ0) is 18.0. The van der Waals surface area contributed by atoms with E-state index in [9.17, 15) is 4.79 Å². The van der Waals surface area contributed by atoms with Crippen LogP contribution < -0.4 is 4.74 Å². The summed E-state index contributed by atoms with van der Waals surface area (Å²) in [5.41, 5.74) is 1.76. The summed E-state index contributed by atoms with van der Waals surface area (Å²) in [5, 5.41) is 2.88. The summed E-state index contributed by atoms with van der Waals surface area (Å²) in [4.78, 5) is 21.2. The number of thiophene rings is 1. The van der Waals surface area contributed by atoms with Crippen LogP contribution in [0.25, 0.3) is 10.6 Å². The molecule has 1 atom stereocenters. The molecule has 3 aromatic rings. The van der Waals surface area contributed by atoms with Crippen LogP contribution in [0.4, 0.5) is 0 Å². The van der Waals surface area contributed by atoms with Crippen molar-refractivity contribution in [3.05, 3.63) is 57.2 Å². The van der Waals surface area contributed by atoms with Gasteiger partial charge in [-0.3, -0.25) is 4.79 Å². The molecule has 0 radical (unpaired) electrons. The summed E-state index contributed by atoms with van der Waals surface area (Å²) in [6.07, 6.45) is 0. The van der Waals surface area contributed by atoms with Crippen molar-refractivity contribution in [3.63, 3.8) is 0 Å². The molecule has 25 heavy (non-hydrogen) atoms. The van der Waals surface area contributed by atoms with Crippen molar-refractivity contribution in [1.82, 2.24) is 9.88 Å². The number of rotatable bonds is 5. The molecule has 2 heterocycles. The molecule has 1 unspecified atom stereocenters. The van der Waals surface area contributed by atoms with Gasteiger partial charge in [0.05, 0.1) is 18.8 Å². The second-order valence-electron chi connectivity index (χ2n) is 5.77. The van der Waals surface area contributed by atoms with Crippen LogP contribution in [0.15, 0.2) is 41.8 Å². The molecule has 1 aromatic carbocycles. The van der Waals surface area contributed by atoms with Gasteiger partial charge in [0.1, 0.15) is 15.6 Å². The number of ether oxygens (including phenoxy) is 1. The van der Waals surface area contributed by atoms with Crippen molar-refractivity contribution < 1.29 is 9.53 Å². The van der Waals surface area contributed by atoms with Gasteiger partial charge in [-0.1, -0.05) is 6.07 Å². The summed E-state index contributed by atoms with van der Waals surface area (Å²) in [6.45, 7) is 3.94. The normalized spacial score (nSPS) is 12.0. The molecule has 0 saturated carbocycles. The minimum absolute atomic E-state index is 0.00987. The van der Waals surface area contributed by atoms with Crippen molar-refractivity contribution >= 4 is 28.6 Å². The lowest BCUT2D eigenvalue weighted by Gasteiger charge is -2.23. The van der Waals surface area contributed by atoms with Crippen LogP contribution in [-0.2, 0) is 0 Å². The molecule has 0 bridgehead atoms. The van der Waals surface area contributed by atoms with Crippen LogP contribution >= 0.6 is 22.7 Å². The number of benzene rings is 1. The van der Waals surface area contributed by atoms with Crippen LogP contribution in [0, 0.1) is 6.92 Å². The number of methoxy groups -OCH3 is 1. The minimum atomic E-state index is 0.00987. The lowest BCUT2D eigenvalue weighted by molar-refractivity contribution is 0.0749. The lowest BCUT2D eigenvalue weighted by Crippen LogP contribution is -2.29. The van der Waals surface area contributed by atoms with Crippen LogP contribution in [-0.4, -0.2) is 29.9 Å². The van der Waals surface area contributed by atoms with Gasteiger partial charge in [-0.2, -0.15) is 0 Å². The molecule has 0 fully saturated rings. The van der Waals surface area contributed by atoms with Crippen LogP contribution in [0.1, 0.15) is 33.2 Å². The molecule has 3 rings (SSSR count). The lowest BCUT2D eigenvalue weighted by atomic mass is 10.2. The SMILES string of the molecule is COc1ccc(-c2nc(C)c(C(=O)N(C)C(C)c3cccs3)s2)cc1. The van der Waals surface area contributed by atoms with Crippen molar-refractivity contribution in [2.24, 2.45) is 0 Å². The predicted molar refractivity (Wildman–Crippen MR) is 104 cm³/mol. The fourth-order valence-electron chi connectivity index (χ4n) is 2.51. The van der Waals surface area contributed by atoms with Crippen LogP contribution in [0.2, 0.25) is 0 Å². The standard InChI is InChI=1S/C19H20N2O2S2/c1-12-17(19(22)21(3)13(2)16-6-5-11-24-16)25-18(20-12)14-7-9-15(23-4)10-8-14/h5-11,13H,1-4H3. The topological polar surface area (TPSA) is 42.4 Å². The Kier molecular flexibility index (Phi) is 5.20. The molecular weight excluding hydrogens is 352 g/mol. The molecule has 1 amide bonds. The summed E-state index contributed by atoms with van der Waals surface area (Å²) < 4.78 is 5.19. The Morgan fingerprint density at radius 1 is 1.24 bits per heavy atom. The van der Waals surface area contributed by atoms with Crippen LogP contribution in [0.3, 0.4) is 0 Å². The van der Waals surface area contributed by atoms with E-state index in [1.54, 1.807) is 23.3 Å². The van der Waals surface area contributed by atoms with E-state index < -0.39 is 0 Å². The molecular formula is C19H20N2O2S2. The Labute approximate surface area is 155 Å². The third-order valence-corrected chi connectivity index (χ3v) is 6.42. The fraction of sp³-hybridized carbons (Fsp3) is 0.263. The van der Waals surface area contributed by atoms with Crippen LogP contribution in [0.5, 0.6) is 5.75 Å². The number of amides is 1. The average molecular weight is 373 g/mol. The summed E-state index contributed by atoms with van der Waals surface area (Å²) in [6, 6.07) is 11.8. The van der Waals surface area contributed by atoms with E-state index in [0.29, 0.717) is 4.88 Å². The molecule has 4 nitrogen and oxygen atoms in total. The first-order valence-corrected chi connectivity index (χ1v) is 9.63. The molecule has 0 spiro atoms. The third-order valence-electron chi connectivity index (χ3n) is 4.18. The van der Waals surface area contributed by atoms with Gasteiger partial charge in [0.2, 0.25) is 0 Å². The summed E-state index contributed by atoms with van der Waals surface area (Å²) in [5.74, 6) is 0.813. The average Bonchev–Trinajstić information content (AvgIpc) is 3.30. The van der Waals surface area contributed by atoms with Gasteiger partial charge in [-0.25, -0.2) is 4.98 Å². The highest BCUT2D eigenvalue weighted by molar-refractivity contribution is 7.17. The molecule has 0 aliphatic carbocycles. The number of carbonyl (C=O) groups excluding carboxylic acids is 1. The summed E-state index contributed by atoms with van der Waals surface area (Å²) >= 11 is 3.10. The second kappa shape index (κ2) is 7.37. The van der Waals surface area contributed by atoms with Gasteiger partial charge < -0.3 is 9.64 Å². The molecule has 6 heteroatoms. The number of aromatic nitrogens is 1. The van der Waals surface area contributed by atoms with Gasteiger partial charge in [0, 0.05) is 17.5 Å². The Balaban J connectivity index is 1.84. The Bertz CT molecular complexity index is 854. The molecule has 0 N–H and O–H groups in total. The number of carbonyl (C=O) groups is 1.